The fourth-order valence-corrected chi connectivity index (χ4v) is 2.83. The summed E-state index contributed by atoms with van der Waals surface area (Å²) in [4.78, 5) is 8.85. The molecule has 1 aliphatic rings. The van der Waals surface area contributed by atoms with Crippen LogP contribution in [0.1, 0.15) is 18.9 Å². The predicted molar refractivity (Wildman–Crippen MR) is 89.1 cm³/mol. The number of hydrogen-bond acceptors (Lipinski definition) is 5. The molecule has 0 aliphatic carbocycles. The summed E-state index contributed by atoms with van der Waals surface area (Å²) < 4.78 is 12.1. The lowest BCUT2D eigenvalue weighted by atomic mass is 10.0. The van der Waals surface area contributed by atoms with Gasteiger partial charge in [0.25, 0.3) is 5.89 Å². The second-order valence-corrected chi connectivity index (χ2v) is 6.50. The molecule has 0 saturated carbocycles. The van der Waals surface area contributed by atoms with E-state index in [0.717, 1.165) is 34.0 Å². The molecule has 2 aromatic heterocycles. The molecule has 0 radical (unpaired) electrons. The first-order valence-corrected chi connectivity index (χ1v) is 8.24. The summed E-state index contributed by atoms with van der Waals surface area (Å²) in [5.41, 5.74) is 2.81. The molecule has 0 bridgehead atoms. The molecule has 3 heterocycles. The molecule has 0 spiro atoms. The molecule has 4 rings (SSSR count). The number of aromatic nitrogens is 3. The van der Waals surface area contributed by atoms with Crippen molar-refractivity contribution in [2.45, 2.75) is 25.9 Å². The van der Waals surface area contributed by atoms with Gasteiger partial charge in [0.1, 0.15) is 0 Å². The van der Waals surface area contributed by atoms with E-state index in [1.54, 1.807) is 6.20 Å². The van der Waals surface area contributed by atoms with Crippen molar-refractivity contribution in [1.29, 1.82) is 0 Å². The standard InChI is InChI=1S/C17H14BrN3O2/c1-10-2-3-12-8-13(9-19-16(12)22-10)17-20-15(21-23-17)11-4-6-14(18)7-5-11/h4-10H,2-3H2,1H3/t10-/m0/s1. The fraction of sp³-hybridized carbons (Fsp3) is 0.235. The smallest absolute Gasteiger partial charge is 0.259 e. The molecule has 116 valence electrons. The van der Waals surface area contributed by atoms with Crippen molar-refractivity contribution in [1.82, 2.24) is 15.1 Å². The number of benzene rings is 1. The minimum Gasteiger partial charge on any atom is -0.474 e. The Morgan fingerprint density at radius 2 is 2.00 bits per heavy atom. The summed E-state index contributed by atoms with van der Waals surface area (Å²) >= 11 is 3.41. The Balaban J connectivity index is 1.65. The topological polar surface area (TPSA) is 61.0 Å². The van der Waals surface area contributed by atoms with Gasteiger partial charge in [0, 0.05) is 21.8 Å². The lowest BCUT2D eigenvalue weighted by molar-refractivity contribution is 0.183. The van der Waals surface area contributed by atoms with E-state index in [0.29, 0.717) is 17.6 Å². The van der Waals surface area contributed by atoms with E-state index in [9.17, 15) is 0 Å². The van der Waals surface area contributed by atoms with Gasteiger partial charge >= 0.3 is 0 Å². The van der Waals surface area contributed by atoms with Crippen molar-refractivity contribution < 1.29 is 9.26 Å². The average molecular weight is 372 g/mol. The number of rotatable bonds is 2. The molecule has 0 N–H and O–H groups in total. The van der Waals surface area contributed by atoms with E-state index in [1.165, 1.54) is 0 Å². The monoisotopic (exact) mass is 371 g/mol. The predicted octanol–water partition coefficient (Wildman–Crippen LogP) is 4.27. The molecule has 5 nitrogen and oxygen atoms in total. The van der Waals surface area contributed by atoms with Crippen LogP contribution >= 0.6 is 15.9 Å². The number of pyridine rings is 1. The zero-order valence-electron chi connectivity index (χ0n) is 12.5. The third-order valence-corrected chi connectivity index (χ3v) is 4.36. The second kappa shape index (κ2) is 5.77. The number of nitrogens with zero attached hydrogens (tertiary/aromatic N) is 3. The highest BCUT2D eigenvalue weighted by molar-refractivity contribution is 9.10. The van der Waals surface area contributed by atoms with Crippen LogP contribution in [-0.2, 0) is 6.42 Å². The van der Waals surface area contributed by atoms with E-state index in [1.807, 2.05) is 30.3 Å². The molecule has 1 aliphatic heterocycles. The fourth-order valence-electron chi connectivity index (χ4n) is 2.57. The summed E-state index contributed by atoms with van der Waals surface area (Å²) in [5, 5.41) is 4.06. The molecule has 1 atom stereocenters. The number of fused-ring (bicyclic) bond motifs is 1. The van der Waals surface area contributed by atoms with Crippen molar-refractivity contribution >= 4 is 15.9 Å². The van der Waals surface area contributed by atoms with Crippen LogP contribution in [0.2, 0.25) is 0 Å². The molecule has 0 saturated heterocycles. The lowest BCUT2D eigenvalue weighted by Gasteiger charge is -2.21. The summed E-state index contributed by atoms with van der Waals surface area (Å²) in [5.74, 6) is 1.74. The highest BCUT2D eigenvalue weighted by Gasteiger charge is 2.19. The Kier molecular flexibility index (Phi) is 3.61. The van der Waals surface area contributed by atoms with Gasteiger partial charge in [-0.3, -0.25) is 0 Å². The molecule has 23 heavy (non-hydrogen) atoms. The molecule has 0 amide bonds. The van der Waals surface area contributed by atoms with Crippen molar-refractivity contribution in [2.75, 3.05) is 0 Å². The van der Waals surface area contributed by atoms with Crippen LogP contribution in [0.4, 0.5) is 0 Å². The van der Waals surface area contributed by atoms with Gasteiger partial charge in [0.2, 0.25) is 11.7 Å². The average Bonchev–Trinajstić information content (AvgIpc) is 3.05. The molecule has 1 aromatic carbocycles. The quantitative estimate of drug-likeness (QED) is 0.672. The Bertz CT molecular complexity index is 845. The van der Waals surface area contributed by atoms with Crippen LogP contribution in [0.15, 0.2) is 45.5 Å². The molecular formula is C17H14BrN3O2. The Hall–Kier alpha value is -2.21. The third kappa shape index (κ3) is 2.86. The Morgan fingerprint density at radius 1 is 1.17 bits per heavy atom. The molecule has 6 heteroatoms. The summed E-state index contributed by atoms with van der Waals surface area (Å²) in [6.07, 6.45) is 3.88. The number of aryl methyl sites for hydroxylation is 1. The number of halogens is 1. The summed E-state index contributed by atoms with van der Waals surface area (Å²) in [7, 11) is 0. The van der Waals surface area contributed by atoms with Crippen LogP contribution in [0, 0.1) is 0 Å². The number of hydrogen-bond donors (Lipinski definition) is 0. The number of ether oxygens (including phenoxy) is 1. The highest BCUT2D eigenvalue weighted by atomic mass is 79.9. The maximum atomic E-state index is 5.73. The molecular weight excluding hydrogens is 358 g/mol. The first kappa shape index (κ1) is 14.4. The van der Waals surface area contributed by atoms with E-state index in [-0.39, 0.29) is 6.10 Å². The van der Waals surface area contributed by atoms with E-state index in [4.69, 9.17) is 9.26 Å². The van der Waals surface area contributed by atoms with Gasteiger partial charge in [-0.05, 0) is 50.1 Å². The van der Waals surface area contributed by atoms with Gasteiger partial charge in [-0.15, -0.1) is 0 Å². The molecule has 0 unspecified atom stereocenters. The van der Waals surface area contributed by atoms with Crippen LogP contribution < -0.4 is 4.74 Å². The van der Waals surface area contributed by atoms with Gasteiger partial charge in [0.15, 0.2) is 0 Å². The zero-order chi connectivity index (χ0) is 15.8. The van der Waals surface area contributed by atoms with Crippen molar-refractivity contribution in [2.24, 2.45) is 0 Å². The van der Waals surface area contributed by atoms with Gasteiger partial charge in [-0.25, -0.2) is 4.98 Å². The first-order chi connectivity index (χ1) is 11.2. The van der Waals surface area contributed by atoms with E-state index >= 15 is 0 Å². The minimum atomic E-state index is 0.216. The largest absolute Gasteiger partial charge is 0.474 e. The maximum Gasteiger partial charge on any atom is 0.259 e. The summed E-state index contributed by atoms with van der Waals surface area (Å²) in [6.45, 7) is 2.06. The summed E-state index contributed by atoms with van der Waals surface area (Å²) in [6, 6.07) is 9.81. The van der Waals surface area contributed by atoms with Crippen LogP contribution in [0.3, 0.4) is 0 Å². The first-order valence-electron chi connectivity index (χ1n) is 7.44. The maximum absolute atomic E-state index is 5.73. The van der Waals surface area contributed by atoms with Gasteiger partial charge < -0.3 is 9.26 Å². The van der Waals surface area contributed by atoms with Crippen molar-refractivity contribution in [3.05, 3.63) is 46.6 Å². The van der Waals surface area contributed by atoms with Crippen LogP contribution in [0.5, 0.6) is 5.88 Å². The second-order valence-electron chi connectivity index (χ2n) is 5.59. The highest BCUT2D eigenvalue weighted by Crippen LogP contribution is 2.30. The SMILES string of the molecule is C[C@H]1CCc2cc(-c3nc(-c4ccc(Br)cc4)no3)cnc2O1. The third-order valence-electron chi connectivity index (χ3n) is 3.83. The minimum absolute atomic E-state index is 0.216. The molecule has 0 fully saturated rings. The Morgan fingerprint density at radius 3 is 2.83 bits per heavy atom. The van der Waals surface area contributed by atoms with Crippen molar-refractivity contribution in [3.8, 4) is 28.7 Å². The van der Waals surface area contributed by atoms with Gasteiger partial charge in [-0.2, -0.15) is 4.98 Å². The molecule has 3 aromatic rings. The van der Waals surface area contributed by atoms with E-state index in [2.05, 4.69) is 38.0 Å². The Labute approximate surface area is 141 Å². The zero-order valence-corrected chi connectivity index (χ0v) is 14.1. The lowest BCUT2D eigenvalue weighted by Crippen LogP contribution is -2.19. The normalized spacial score (nSPS) is 16.7. The van der Waals surface area contributed by atoms with Crippen molar-refractivity contribution in [3.63, 3.8) is 0 Å². The van der Waals surface area contributed by atoms with Gasteiger partial charge in [0.05, 0.1) is 11.7 Å². The van der Waals surface area contributed by atoms with Crippen LogP contribution in [-0.4, -0.2) is 21.2 Å². The van der Waals surface area contributed by atoms with Gasteiger partial charge in [-0.1, -0.05) is 21.1 Å². The van der Waals surface area contributed by atoms with Crippen LogP contribution in [0.25, 0.3) is 22.8 Å². The van der Waals surface area contributed by atoms with E-state index < -0.39 is 0 Å².